The summed E-state index contributed by atoms with van der Waals surface area (Å²) in [6, 6.07) is 8.56. The number of azo groups is 1. The van der Waals surface area contributed by atoms with Crippen molar-refractivity contribution in [3.63, 3.8) is 0 Å². The molecule has 23 heavy (non-hydrogen) atoms. The summed E-state index contributed by atoms with van der Waals surface area (Å²) in [5.74, 6) is 0. The molecule has 119 valence electrons. The molecule has 0 aliphatic rings. The van der Waals surface area contributed by atoms with Crippen molar-refractivity contribution in [1.82, 2.24) is 4.57 Å². The maximum absolute atomic E-state index is 12.1. The molecule has 1 radical (unpaired) electrons. The Morgan fingerprint density at radius 1 is 1.17 bits per heavy atom. The largest absolute Gasteiger partial charge is 0.347 e. The van der Waals surface area contributed by atoms with Crippen LogP contribution in [-0.2, 0) is 49.9 Å². The van der Waals surface area contributed by atoms with Crippen molar-refractivity contribution in [3.05, 3.63) is 51.9 Å². The fourth-order valence-electron chi connectivity index (χ4n) is 1.87. The van der Waals surface area contributed by atoms with E-state index in [0.717, 1.165) is 0 Å². The summed E-state index contributed by atoms with van der Waals surface area (Å²) in [6.07, 6.45) is 0. The van der Waals surface area contributed by atoms with Crippen LogP contribution in [0.25, 0.3) is 0 Å². The first-order valence-corrected chi connectivity index (χ1v) is 7.73. The standard InChI is InChI=1S/C14H14N3O4S.Y/c1-9-8-10(2)17(3)14(18)13(9)16-15-11-6-4-5-7-12(11)22(19,20)21;/h4-7H,1-3H3,(H,19,20,21);/q-1;. The topological polar surface area (TPSA) is 101 Å². The van der Waals surface area contributed by atoms with Gasteiger partial charge in [-0.2, -0.15) is 19.1 Å². The normalized spacial score (nSPS) is 11.5. The molecular formula is C14H14N3O4SY-. The molecule has 1 aromatic heterocycles. The van der Waals surface area contributed by atoms with E-state index >= 15 is 0 Å². The second-order valence-electron chi connectivity index (χ2n) is 4.69. The summed E-state index contributed by atoms with van der Waals surface area (Å²) in [5.41, 5.74) is 0.820. The van der Waals surface area contributed by atoms with Gasteiger partial charge >= 0.3 is 0 Å². The number of pyridine rings is 1. The monoisotopic (exact) mass is 409 g/mol. The number of aromatic nitrogens is 1. The fraction of sp³-hybridized carbons (Fsp3) is 0.214. The molecule has 0 saturated carbocycles. The molecule has 0 aliphatic heterocycles. The van der Waals surface area contributed by atoms with E-state index in [9.17, 15) is 13.2 Å². The number of nitrogens with zero attached hydrogens (tertiary/aromatic N) is 3. The molecule has 9 heteroatoms. The van der Waals surface area contributed by atoms with Gasteiger partial charge in [-0.05, 0) is 19.1 Å². The molecule has 7 nitrogen and oxygen atoms in total. The summed E-state index contributed by atoms with van der Waals surface area (Å²) in [4.78, 5) is 11.8. The van der Waals surface area contributed by atoms with E-state index in [1.54, 1.807) is 27.0 Å². The van der Waals surface area contributed by atoms with Gasteiger partial charge in [0.25, 0.3) is 10.1 Å². The molecule has 2 aromatic rings. The predicted octanol–water partition coefficient (Wildman–Crippen LogP) is 2.46. The number of aryl methyl sites for hydroxylation is 2. The molecule has 0 aliphatic carbocycles. The molecule has 0 fully saturated rings. The Hall–Kier alpha value is -1.22. The quantitative estimate of drug-likeness (QED) is 0.478. The molecule has 0 saturated heterocycles. The number of benzene rings is 1. The van der Waals surface area contributed by atoms with Gasteiger partial charge in [-0.25, -0.2) is 11.2 Å². The van der Waals surface area contributed by atoms with Gasteiger partial charge in [0.05, 0.1) is 0 Å². The molecule has 0 atom stereocenters. The van der Waals surface area contributed by atoms with E-state index in [0.29, 0.717) is 11.3 Å². The third kappa shape index (κ3) is 4.41. The van der Waals surface area contributed by atoms with E-state index in [1.165, 1.54) is 22.8 Å². The average Bonchev–Trinajstić information content (AvgIpc) is 2.44. The van der Waals surface area contributed by atoms with E-state index in [4.69, 9.17) is 4.55 Å². The summed E-state index contributed by atoms with van der Waals surface area (Å²) in [5, 5.41) is 7.62. The van der Waals surface area contributed by atoms with E-state index in [-0.39, 0.29) is 54.5 Å². The van der Waals surface area contributed by atoms with Gasteiger partial charge in [0, 0.05) is 45.4 Å². The van der Waals surface area contributed by atoms with Crippen LogP contribution in [0.3, 0.4) is 0 Å². The zero-order valence-corrected chi connectivity index (χ0v) is 16.5. The Morgan fingerprint density at radius 2 is 1.78 bits per heavy atom. The van der Waals surface area contributed by atoms with E-state index in [1.807, 2.05) is 0 Å². The second-order valence-corrected chi connectivity index (χ2v) is 6.08. The molecule has 2 rings (SSSR count). The number of rotatable bonds is 3. The van der Waals surface area contributed by atoms with Gasteiger partial charge in [-0.1, -0.05) is 24.8 Å². The van der Waals surface area contributed by atoms with Crippen molar-refractivity contribution in [3.8, 4) is 0 Å². The van der Waals surface area contributed by atoms with Crippen LogP contribution in [0, 0.1) is 19.9 Å². The first-order chi connectivity index (χ1) is 10.2. The zero-order valence-electron chi connectivity index (χ0n) is 12.8. The Bertz CT molecular complexity index is 920. The first-order valence-electron chi connectivity index (χ1n) is 6.29. The van der Waals surface area contributed by atoms with Gasteiger partial charge in [0.15, 0.2) is 5.56 Å². The summed E-state index contributed by atoms with van der Waals surface area (Å²) in [6.45, 7) is 3.40. The summed E-state index contributed by atoms with van der Waals surface area (Å²) < 4.78 is 33.1. The molecule has 0 spiro atoms. The van der Waals surface area contributed by atoms with Crippen molar-refractivity contribution in [2.24, 2.45) is 17.3 Å². The van der Waals surface area contributed by atoms with Gasteiger partial charge in [0.1, 0.15) is 10.6 Å². The Kier molecular flexibility index (Phi) is 6.53. The predicted molar refractivity (Wildman–Crippen MR) is 80.4 cm³/mol. The SMILES string of the molecule is Cc1[c-]c(C)n(C)c(=O)c1N=Nc1ccccc1S(=O)(=O)O.[Y]. The van der Waals surface area contributed by atoms with Crippen LogP contribution in [0.4, 0.5) is 11.4 Å². The Morgan fingerprint density at radius 3 is 2.39 bits per heavy atom. The van der Waals surface area contributed by atoms with Crippen LogP contribution < -0.4 is 5.56 Å². The third-order valence-corrected chi connectivity index (χ3v) is 4.04. The smallest absolute Gasteiger partial charge is 0.296 e. The van der Waals surface area contributed by atoms with Gasteiger partial charge < -0.3 is 4.57 Å². The summed E-state index contributed by atoms with van der Waals surface area (Å²) in [7, 11) is -2.84. The Balaban J connectivity index is 0.00000264. The summed E-state index contributed by atoms with van der Waals surface area (Å²) >= 11 is 0. The molecular weight excluding hydrogens is 395 g/mol. The molecule has 1 heterocycles. The molecule has 0 bridgehead atoms. The number of hydrogen-bond acceptors (Lipinski definition) is 5. The van der Waals surface area contributed by atoms with Crippen molar-refractivity contribution in [2.75, 3.05) is 0 Å². The first kappa shape index (κ1) is 19.8. The maximum Gasteiger partial charge on any atom is 0.296 e. The minimum atomic E-state index is -4.42. The van der Waals surface area contributed by atoms with Crippen LogP contribution in [0.15, 0.2) is 44.2 Å². The van der Waals surface area contributed by atoms with Gasteiger partial charge in [-0.3, -0.25) is 9.35 Å². The van der Waals surface area contributed by atoms with E-state index < -0.39 is 10.1 Å². The van der Waals surface area contributed by atoms with Crippen molar-refractivity contribution in [2.45, 2.75) is 18.7 Å². The minimum absolute atomic E-state index is 0. The van der Waals surface area contributed by atoms with Crippen LogP contribution in [0.5, 0.6) is 0 Å². The molecule has 0 amide bonds. The second kappa shape index (κ2) is 7.57. The van der Waals surface area contributed by atoms with Crippen LogP contribution in [-0.4, -0.2) is 17.5 Å². The average molecular weight is 409 g/mol. The van der Waals surface area contributed by atoms with E-state index in [2.05, 4.69) is 16.3 Å². The van der Waals surface area contributed by atoms with Crippen LogP contribution in [0.1, 0.15) is 11.3 Å². The van der Waals surface area contributed by atoms with Crippen LogP contribution >= 0.6 is 0 Å². The van der Waals surface area contributed by atoms with Crippen molar-refractivity contribution >= 4 is 21.5 Å². The fourth-order valence-corrected chi connectivity index (χ4v) is 2.49. The molecule has 1 aromatic carbocycles. The Labute approximate surface area is 159 Å². The third-order valence-electron chi connectivity index (χ3n) is 3.13. The minimum Gasteiger partial charge on any atom is -0.347 e. The number of hydrogen-bond donors (Lipinski definition) is 1. The van der Waals surface area contributed by atoms with Gasteiger partial charge in [0.2, 0.25) is 0 Å². The van der Waals surface area contributed by atoms with Crippen LogP contribution in [0.2, 0.25) is 0 Å². The maximum atomic E-state index is 12.1. The molecule has 1 N–H and O–H groups in total. The van der Waals surface area contributed by atoms with Crippen molar-refractivity contribution in [1.29, 1.82) is 0 Å². The molecule has 0 unspecified atom stereocenters. The van der Waals surface area contributed by atoms with Crippen molar-refractivity contribution < 1.29 is 45.7 Å². The zero-order chi connectivity index (χ0) is 16.5. The van der Waals surface area contributed by atoms with Gasteiger partial charge in [-0.15, -0.1) is 0 Å².